The van der Waals surface area contributed by atoms with Crippen LogP contribution in [-0.4, -0.2) is 68.9 Å². The second-order valence-corrected chi connectivity index (χ2v) is 8.31. The van der Waals surface area contributed by atoms with Gasteiger partial charge in [0.15, 0.2) is 0 Å². The van der Waals surface area contributed by atoms with E-state index in [-0.39, 0.29) is 29.5 Å². The second-order valence-electron chi connectivity index (χ2n) is 8.31. The molecule has 0 aliphatic carbocycles. The molecule has 0 radical (unpaired) electrons. The van der Waals surface area contributed by atoms with Crippen LogP contribution in [0.15, 0.2) is 45.2 Å². The van der Waals surface area contributed by atoms with Gasteiger partial charge in [0.2, 0.25) is 5.91 Å². The van der Waals surface area contributed by atoms with Crippen molar-refractivity contribution in [3.05, 3.63) is 46.5 Å². The Bertz CT molecular complexity index is 1090. The lowest BCUT2D eigenvalue weighted by Crippen LogP contribution is -2.43. The largest absolute Gasteiger partial charge is 0.431 e. The zero-order chi connectivity index (χ0) is 25.8. The molecule has 1 aromatic rings. The molecule has 12 heteroatoms. The van der Waals surface area contributed by atoms with Gasteiger partial charge in [-0.1, -0.05) is 6.07 Å². The summed E-state index contributed by atoms with van der Waals surface area (Å²) in [5, 5.41) is 3.35. The van der Waals surface area contributed by atoms with Crippen LogP contribution in [-0.2, 0) is 9.53 Å². The highest BCUT2D eigenvalue weighted by molar-refractivity contribution is 6.11. The van der Waals surface area contributed by atoms with Crippen LogP contribution in [0.1, 0.15) is 18.9 Å². The Kier molecular flexibility index (Phi) is 8.15. The van der Waals surface area contributed by atoms with E-state index >= 15 is 0 Å². The third-order valence-corrected chi connectivity index (χ3v) is 5.76. The monoisotopic (exact) mass is 496 g/mol. The maximum atomic E-state index is 14.9. The number of aliphatic imine (C=N–C) groups is 2. The van der Waals surface area contributed by atoms with Crippen LogP contribution in [0.4, 0.5) is 23.2 Å². The predicted molar refractivity (Wildman–Crippen MR) is 125 cm³/mol. The van der Waals surface area contributed by atoms with Crippen molar-refractivity contribution in [2.45, 2.75) is 19.5 Å². The topological polar surface area (TPSA) is 118 Å². The second kappa shape index (κ2) is 10.9. The van der Waals surface area contributed by atoms with E-state index in [1.54, 1.807) is 4.90 Å². The minimum atomic E-state index is -4.81. The maximum absolute atomic E-state index is 14.9. The fourth-order valence-electron chi connectivity index (χ4n) is 3.68. The number of amides is 1. The molecule has 0 bridgehead atoms. The van der Waals surface area contributed by atoms with Crippen molar-refractivity contribution in [3.8, 4) is 0 Å². The Morgan fingerprint density at radius 1 is 1.31 bits per heavy atom. The Balaban J connectivity index is 1.93. The smallest absolute Gasteiger partial charge is 0.394 e. The average Bonchev–Trinajstić information content (AvgIpc) is 2.76. The Labute approximate surface area is 200 Å². The van der Waals surface area contributed by atoms with Gasteiger partial charge in [-0.2, -0.15) is 13.2 Å². The fourth-order valence-corrected chi connectivity index (χ4v) is 3.68. The third kappa shape index (κ3) is 6.38. The zero-order valence-electron chi connectivity index (χ0n) is 19.5. The number of halogens is 4. The maximum Gasteiger partial charge on any atom is 0.431 e. The summed E-state index contributed by atoms with van der Waals surface area (Å²) >= 11 is 0. The molecule has 3 rings (SSSR count). The SMILES string of the molecule is CN=CC(=C(N)C(F)(F)F)c1ccc(N=C(N)C2=C(NCC3COC3)CCN(C(C)=O)C2)c(F)c1. The molecular formula is C23H28F4N6O2. The first kappa shape index (κ1) is 26.2. The molecule has 1 fully saturated rings. The number of hydrogen-bond acceptors (Lipinski definition) is 6. The van der Waals surface area contributed by atoms with Crippen LogP contribution in [0.3, 0.4) is 0 Å². The molecule has 8 nitrogen and oxygen atoms in total. The van der Waals surface area contributed by atoms with Gasteiger partial charge < -0.3 is 26.4 Å². The number of nitrogens with one attached hydrogen (secondary N) is 1. The van der Waals surface area contributed by atoms with Crippen LogP contribution < -0.4 is 16.8 Å². The lowest BCUT2D eigenvalue weighted by atomic mass is 10.0. The molecule has 1 amide bonds. The standard InChI is InChI=1S/C23H28F4N6O2/c1-13(34)33-6-5-19(31-8-14-11-35-12-14)17(10-33)22(29)32-20-4-3-15(7-18(20)24)16(9-30-2)21(28)23(25,26)27/h3-4,7,9,14,31H,5-6,8,10-12,28H2,1-2H3,(H2,29,32). The van der Waals surface area contributed by atoms with E-state index in [0.717, 1.165) is 18.0 Å². The molecule has 0 unspecified atom stereocenters. The summed E-state index contributed by atoms with van der Waals surface area (Å²) in [5.41, 5.74) is 10.7. The van der Waals surface area contributed by atoms with Crippen molar-refractivity contribution in [1.82, 2.24) is 10.2 Å². The normalized spacial score (nSPS) is 18.6. The van der Waals surface area contributed by atoms with Crippen LogP contribution in [0.2, 0.25) is 0 Å². The van der Waals surface area contributed by atoms with E-state index in [2.05, 4.69) is 15.3 Å². The number of amidine groups is 1. The highest BCUT2D eigenvalue weighted by Gasteiger charge is 2.34. The van der Waals surface area contributed by atoms with E-state index in [1.807, 2.05) is 0 Å². The van der Waals surface area contributed by atoms with Gasteiger partial charge in [0.1, 0.15) is 23.0 Å². The van der Waals surface area contributed by atoms with E-state index in [4.69, 9.17) is 16.2 Å². The number of alkyl halides is 3. The molecule has 35 heavy (non-hydrogen) atoms. The predicted octanol–water partition coefficient (Wildman–Crippen LogP) is 2.49. The summed E-state index contributed by atoms with van der Waals surface area (Å²) in [7, 11) is 1.28. The van der Waals surface area contributed by atoms with Crippen LogP contribution in [0, 0.1) is 11.7 Å². The number of hydrogen-bond donors (Lipinski definition) is 3. The molecule has 1 saturated heterocycles. The van der Waals surface area contributed by atoms with E-state index < -0.39 is 23.3 Å². The molecule has 1 aromatic carbocycles. The first-order chi connectivity index (χ1) is 16.5. The number of allylic oxidation sites excluding steroid dienone is 2. The number of nitrogens with two attached hydrogens (primary N) is 2. The number of benzene rings is 1. The van der Waals surface area contributed by atoms with Crippen molar-refractivity contribution >= 4 is 29.2 Å². The molecule has 2 aliphatic heterocycles. The Morgan fingerprint density at radius 3 is 2.57 bits per heavy atom. The lowest BCUT2D eigenvalue weighted by molar-refractivity contribution is -0.128. The minimum absolute atomic E-state index is 0.00986. The first-order valence-electron chi connectivity index (χ1n) is 10.9. The van der Waals surface area contributed by atoms with Crippen LogP contribution in [0.5, 0.6) is 0 Å². The molecule has 0 saturated carbocycles. The molecule has 2 heterocycles. The summed E-state index contributed by atoms with van der Waals surface area (Å²) in [5.74, 6) is -0.633. The van der Waals surface area contributed by atoms with Crippen LogP contribution >= 0.6 is 0 Å². The summed E-state index contributed by atoms with van der Waals surface area (Å²) in [4.78, 5) is 21.3. The number of nitrogens with zero attached hydrogens (tertiary/aromatic N) is 3. The highest BCUT2D eigenvalue weighted by atomic mass is 19.4. The van der Waals surface area contributed by atoms with E-state index in [0.29, 0.717) is 44.2 Å². The van der Waals surface area contributed by atoms with Gasteiger partial charge in [-0.3, -0.25) is 9.79 Å². The van der Waals surface area contributed by atoms with E-state index in [9.17, 15) is 22.4 Å². The summed E-state index contributed by atoms with van der Waals surface area (Å²) in [6.45, 7) is 4.15. The third-order valence-electron chi connectivity index (χ3n) is 5.76. The van der Waals surface area contributed by atoms with E-state index in [1.165, 1.54) is 26.1 Å². The number of ether oxygens (including phenoxy) is 1. The highest BCUT2D eigenvalue weighted by Crippen LogP contribution is 2.30. The summed E-state index contributed by atoms with van der Waals surface area (Å²) in [6, 6.07) is 3.38. The number of carbonyl (C=O) groups excluding carboxylic acids is 1. The first-order valence-corrected chi connectivity index (χ1v) is 10.9. The van der Waals surface area contributed by atoms with Crippen molar-refractivity contribution in [3.63, 3.8) is 0 Å². The average molecular weight is 497 g/mol. The van der Waals surface area contributed by atoms with Gasteiger partial charge in [-0.05, 0) is 17.7 Å². The van der Waals surface area contributed by atoms with Gasteiger partial charge in [0, 0.05) is 62.5 Å². The minimum Gasteiger partial charge on any atom is -0.394 e. The Hall–Kier alpha value is -3.41. The van der Waals surface area contributed by atoms with Crippen molar-refractivity contribution < 1.29 is 27.1 Å². The zero-order valence-corrected chi connectivity index (χ0v) is 19.5. The summed E-state index contributed by atoms with van der Waals surface area (Å²) < 4.78 is 59.4. The molecule has 190 valence electrons. The fraction of sp³-hybridized carbons (Fsp3) is 0.435. The van der Waals surface area contributed by atoms with Crippen LogP contribution in [0.25, 0.3) is 5.57 Å². The van der Waals surface area contributed by atoms with Crippen molar-refractivity contribution in [2.75, 3.05) is 39.9 Å². The van der Waals surface area contributed by atoms with Gasteiger partial charge in [0.25, 0.3) is 0 Å². The molecule has 0 spiro atoms. The molecule has 0 atom stereocenters. The summed E-state index contributed by atoms with van der Waals surface area (Å²) in [6.07, 6.45) is -3.36. The number of rotatable bonds is 7. The van der Waals surface area contributed by atoms with Crippen molar-refractivity contribution in [2.24, 2.45) is 27.4 Å². The van der Waals surface area contributed by atoms with Gasteiger partial charge >= 0.3 is 6.18 Å². The number of carbonyl (C=O) groups is 1. The van der Waals surface area contributed by atoms with Crippen molar-refractivity contribution in [1.29, 1.82) is 0 Å². The Morgan fingerprint density at radius 2 is 2.03 bits per heavy atom. The van der Waals surface area contributed by atoms with Gasteiger partial charge in [-0.25, -0.2) is 9.38 Å². The van der Waals surface area contributed by atoms with Gasteiger partial charge in [0.05, 0.1) is 19.8 Å². The molecular weight excluding hydrogens is 468 g/mol. The molecule has 2 aliphatic rings. The molecule has 0 aromatic heterocycles. The lowest BCUT2D eigenvalue weighted by Gasteiger charge is -2.32. The van der Waals surface area contributed by atoms with Gasteiger partial charge in [-0.15, -0.1) is 0 Å². The molecule has 5 N–H and O–H groups in total. The quantitative estimate of drug-likeness (QED) is 0.305.